The highest BCUT2D eigenvalue weighted by Crippen LogP contribution is 2.29. The third kappa shape index (κ3) is 2.21. The van der Waals surface area contributed by atoms with E-state index >= 15 is 0 Å². The zero-order chi connectivity index (χ0) is 13.3. The van der Waals surface area contributed by atoms with E-state index in [1.807, 2.05) is 0 Å². The summed E-state index contributed by atoms with van der Waals surface area (Å²) in [6.07, 6.45) is -1.96. The van der Waals surface area contributed by atoms with E-state index in [1.165, 1.54) is 24.6 Å². The number of carbonyl (C=O) groups excluding carboxylic acids is 1. The minimum atomic E-state index is -4.65. The monoisotopic (exact) mass is 274 g/mol. The average Bonchev–Trinajstić information content (AvgIpc) is 2.73. The Morgan fingerprint density at radius 1 is 1.39 bits per heavy atom. The highest BCUT2D eigenvalue weighted by Gasteiger charge is 2.35. The van der Waals surface area contributed by atoms with Crippen LogP contribution in [0.1, 0.15) is 11.4 Å². The van der Waals surface area contributed by atoms with Crippen LogP contribution < -0.4 is 0 Å². The van der Waals surface area contributed by atoms with Crippen molar-refractivity contribution in [3.05, 3.63) is 40.8 Å². The van der Waals surface area contributed by atoms with E-state index in [0.29, 0.717) is 10.7 Å². The van der Waals surface area contributed by atoms with Gasteiger partial charge < -0.3 is 0 Å². The molecule has 18 heavy (non-hydrogen) atoms. The second-order valence-electron chi connectivity index (χ2n) is 3.24. The maximum Gasteiger partial charge on any atom is 0.435 e. The molecule has 2 aromatic rings. The molecule has 93 valence electrons. The maximum absolute atomic E-state index is 12.5. The Kier molecular flexibility index (Phi) is 3.08. The van der Waals surface area contributed by atoms with Gasteiger partial charge in [-0.3, -0.25) is 4.79 Å². The van der Waals surface area contributed by atoms with Gasteiger partial charge in [0.15, 0.2) is 11.5 Å². The Morgan fingerprint density at radius 3 is 2.67 bits per heavy atom. The normalized spacial score (nSPS) is 11.6. The summed E-state index contributed by atoms with van der Waals surface area (Å²) in [6.45, 7) is 0. The minimum Gasteiger partial charge on any atom is -0.283 e. The molecule has 8 heteroatoms. The lowest BCUT2D eigenvalue weighted by molar-refractivity contribution is -0.141. The SMILES string of the molecule is O=[C]c1cc(C(F)(F)F)nn1-c1ncccc1Cl. The molecule has 0 aliphatic carbocycles. The molecule has 0 bridgehead atoms. The summed E-state index contributed by atoms with van der Waals surface area (Å²) in [7, 11) is 0. The van der Waals surface area contributed by atoms with E-state index in [0.717, 1.165) is 0 Å². The maximum atomic E-state index is 12.5. The topological polar surface area (TPSA) is 47.8 Å². The van der Waals surface area contributed by atoms with Crippen LogP contribution in [0, 0.1) is 0 Å². The van der Waals surface area contributed by atoms with Gasteiger partial charge in [0.2, 0.25) is 0 Å². The number of hydrogen-bond acceptors (Lipinski definition) is 3. The van der Waals surface area contributed by atoms with Gasteiger partial charge in [-0.1, -0.05) is 11.6 Å². The van der Waals surface area contributed by atoms with Crippen molar-refractivity contribution in [2.45, 2.75) is 6.18 Å². The van der Waals surface area contributed by atoms with Crippen molar-refractivity contribution in [3.8, 4) is 5.82 Å². The van der Waals surface area contributed by atoms with Crippen molar-refractivity contribution < 1.29 is 18.0 Å². The first kappa shape index (κ1) is 12.6. The van der Waals surface area contributed by atoms with Crippen LogP contribution in [0.4, 0.5) is 13.2 Å². The lowest BCUT2D eigenvalue weighted by atomic mass is 10.3. The minimum absolute atomic E-state index is 0.0620. The predicted molar refractivity (Wildman–Crippen MR) is 56.2 cm³/mol. The van der Waals surface area contributed by atoms with Crippen molar-refractivity contribution in [1.82, 2.24) is 14.8 Å². The van der Waals surface area contributed by atoms with Crippen molar-refractivity contribution in [2.75, 3.05) is 0 Å². The predicted octanol–water partition coefficient (Wildman–Crippen LogP) is 2.40. The van der Waals surface area contributed by atoms with Crippen LogP contribution in [-0.4, -0.2) is 21.1 Å². The largest absolute Gasteiger partial charge is 0.435 e. The summed E-state index contributed by atoms with van der Waals surface area (Å²) >= 11 is 5.78. The molecular weight excluding hydrogens is 271 g/mol. The van der Waals surface area contributed by atoms with Crippen LogP contribution in [0.2, 0.25) is 5.02 Å². The Labute approximate surface area is 104 Å². The Bertz CT molecular complexity index is 594. The summed E-state index contributed by atoms with van der Waals surface area (Å²) in [5.41, 5.74) is -1.61. The summed E-state index contributed by atoms with van der Waals surface area (Å²) in [5.74, 6) is -0.0620. The highest BCUT2D eigenvalue weighted by molar-refractivity contribution is 6.32. The quantitative estimate of drug-likeness (QED) is 0.845. The summed E-state index contributed by atoms with van der Waals surface area (Å²) in [5, 5.41) is 3.34. The molecule has 0 spiro atoms. The van der Waals surface area contributed by atoms with E-state index in [-0.39, 0.29) is 10.8 Å². The van der Waals surface area contributed by atoms with E-state index in [9.17, 15) is 18.0 Å². The number of nitrogens with zero attached hydrogens (tertiary/aromatic N) is 3. The van der Waals surface area contributed by atoms with Gasteiger partial charge >= 0.3 is 6.18 Å². The van der Waals surface area contributed by atoms with Gasteiger partial charge in [-0.25, -0.2) is 9.67 Å². The number of halogens is 4. The van der Waals surface area contributed by atoms with Crippen LogP contribution in [0.5, 0.6) is 0 Å². The van der Waals surface area contributed by atoms with E-state index < -0.39 is 17.6 Å². The Balaban J connectivity index is 2.61. The molecule has 0 aromatic carbocycles. The van der Waals surface area contributed by atoms with Crippen LogP contribution >= 0.6 is 11.6 Å². The van der Waals surface area contributed by atoms with Crippen LogP contribution in [0.3, 0.4) is 0 Å². The molecule has 2 rings (SSSR count). The number of aromatic nitrogens is 3. The second-order valence-corrected chi connectivity index (χ2v) is 3.64. The van der Waals surface area contributed by atoms with E-state index in [1.54, 1.807) is 0 Å². The fourth-order valence-corrected chi connectivity index (χ4v) is 1.49. The molecule has 2 aromatic heterocycles. The lowest BCUT2D eigenvalue weighted by Gasteiger charge is -2.04. The van der Waals surface area contributed by atoms with Crippen LogP contribution in [0.25, 0.3) is 5.82 Å². The first-order chi connectivity index (χ1) is 8.43. The summed E-state index contributed by atoms with van der Waals surface area (Å²) in [4.78, 5) is 14.4. The molecule has 2 heterocycles. The molecule has 0 saturated carbocycles. The molecule has 0 amide bonds. The average molecular weight is 275 g/mol. The smallest absolute Gasteiger partial charge is 0.283 e. The van der Waals surface area contributed by atoms with Gasteiger partial charge in [-0.15, -0.1) is 0 Å². The standard InChI is InChI=1S/C10H4ClF3N3O/c11-7-2-1-3-15-9(7)17-6(5-18)4-8(16-17)10(12,13)14/h1-4H. The second kappa shape index (κ2) is 4.41. The summed E-state index contributed by atoms with van der Waals surface area (Å²) < 4.78 is 38.1. The molecule has 0 saturated heterocycles. The first-order valence-corrected chi connectivity index (χ1v) is 4.97. The lowest BCUT2D eigenvalue weighted by Crippen LogP contribution is -2.08. The molecule has 4 nitrogen and oxygen atoms in total. The molecule has 0 N–H and O–H groups in total. The molecule has 0 aliphatic rings. The zero-order valence-corrected chi connectivity index (χ0v) is 9.33. The van der Waals surface area contributed by atoms with Crippen molar-refractivity contribution in [1.29, 1.82) is 0 Å². The van der Waals surface area contributed by atoms with Gasteiger partial charge in [0.1, 0.15) is 5.69 Å². The number of alkyl halides is 3. The van der Waals surface area contributed by atoms with Crippen molar-refractivity contribution in [3.63, 3.8) is 0 Å². The van der Waals surface area contributed by atoms with Gasteiger partial charge in [-0.2, -0.15) is 18.3 Å². The Hall–Kier alpha value is -1.89. The summed E-state index contributed by atoms with van der Waals surface area (Å²) in [6, 6.07) is 3.51. The van der Waals surface area contributed by atoms with Crippen molar-refractivity contribution in [2.24, 2.45) is 0 Å². The fraction of sp³-hybridized carbons (Fsp3) is 0.100. The Morgan fingerprint density at radius 2 is 2.11 bits per heavy atom. The molecule has 0 atom stereocenters. The van der Waals surface area contributed by atoms with Gasteiger partial charge in [0.25, 0.3) is 6.29 Å². The third-order valence-electron chi connectivity index (χ3n) is 2.04. The highest BCUT2D eigenvalue weighted by atomic mass is 35.5. The number of rotatable bonds is 2. The number of pyridine rings is 1. The first-order valence-electron chi connectivity index (χ1n) is 4.60. The number of hydrogen-bond donors (Lipinski definition) is 0. The molecule has 1 radical (unpaired) electrons. The van der Waals surface area contributed by atoms with Crippen molar-refractivity contribution >= 4 is 17.9 Å². The van der Waals surface area contributed by atoms with E-state index in [2.05, 4.69) is 10.1 Å². The molecule has 0 fully saturated rings. The molecular formula is C10H4ClF3N3O. The van der Waals surface area contributed by atoms with Gasteiger partial charge in [0.05, 0.1) is 5.02 Å². The molecule has 0 aliphatic heterocycles. The fourth-order valence-electron chi connectivity index (χ4n) is 1.29. The van der Waals surface area contributed by atoms with Gasteiger partial charge in [0, 0.05) is 12.3 Å². The van der Waals surface area contributed by atoms with Crippen LogP contribution in [0.15, 0.2) is 24.4 Å². The van der Waals surface area contributed by atoms with Gasteiger partial charge in [-0.05, 0) is 12.1 Å². The van der Waals surface area contributed by atoms with E-state index in [4.69, 9.17) is 11.6 Å². The van der Waals surface area contributed by atoms with Crippen LogP contribution in [-0.2, 0) is 11.0 Å². The molecule has 0 unspecified atom stereocenters. The zero-order valence-electron chi connectivity index (χ0n) is 8.57. The third-order valence-corrected chi connectivity index (χ3v) is 2.34.